The Morgan fingerprint density at radius 1 is 0.714 bits per heavy atom. The van der Waals surface area contributed by atoms with Crippen LogP contribution in [0.2, 0.25) is 0 Å². The minimum Gasteiger partial charge on any atom is -0.398 e. The molecule has 0 aliphatic heterocycles. The number of benzene rings is 3. The Morgan fingerprint density at radius 3 is 1.76 bits per heavy atom. The summed E-state index contributed by atoms with van der Waals surface area (Å²) in [5, 5.41) is 18.9. The van der Waals surface area contributed by atoms with Crippen molar-refractivity contribution in [3.05, 3.63) is 99.1 Å². The number of hydrogen-bond acceptors (Lipinski definition) is 5. The molecule has 0 heterocycles. The second-order valence-electron chi connectivity index (χ2n) is 11.4. The third-order valence-corrected chi connectivity index (χ3v) is 8.19. The van der Waals surface area contributed by atoms with E-state index in [1.807, 2.05) is 12.1 Å². The van der Waals surface area contributed by atoms with E-state index in [0.717, 1.165) is 62.6 Å². The van der Waals surface area contributed by atoms with Crippen molar-refractivity contribution in [3.8, 4) is 47.9 Å². The highest BCUT2D eigenvalue weighted by Gasteiger charge is 2.18. The zero-order valence-electron chi connectivity index (χ0n) is 28.7. The van der Waals surface area contributed by atoms with Crippen LogP contribution < -0.4 is 5.73 Å². The maximum atomic E-state index is 11.2. The summed E-state index contributed by atoms with van der Waals surface area (Å²) in [5.41, 5.74) is 17.1. The van der Waals surface area contributed by atoms with Gasteiger partial charge in [0.05, 0.1) is 12.2 Å². The number of aliphatic hydroxyl groups is 2. The molecule has 0 saturated heterocycles. The number of rotatable bonds is 0. The number of ketones is 1. The summed E-state index contributed by atoms with van der Waals surface area (Å²) in [4.78, 5) is 11.2. The van der Waals surface area contributed by atoms with E-state index >= 15 is 0 Å². The SMILES string of the molecule is C.C#CC#CC#CC#CC.CS.Cc1cccc2c1CC(=O)CC2.Cc1cccc2c1C[C@H](O)CC2.Nc1cccc2c1C[C@H](O)CC2.[B]. The molecule has 3 aliphatic rings. The predicted molar refractivity (Wildman–Crippen MR) is 212 cm³/mol. The van der Waals surface area contributed by atoms with E-state index in [0.29, 0.717) is 12.2 Å². The first kappa shape index (κ1) is 44.7. The van der Waals surface area contributed by atoms with E-state index in [9.17, 15) is 15.0 Å². The number of thiol groups is 1. The molecular formula is C43H51BNO3S. The van der Waals surface area contributed by atoms with Crippen LogP contribution in [0.5, 0.6) is 0 Å². The van der Waals surface area contributed by atoms with Crippen LogP contribution >= 0.6 is 12.6 Å². The van der Waals surface area contributed by atoms with Crippen molar-refractivity contribution in [2.24, 2.45) is 0 Å². The molecule has 0 spiro atoms. The molecule has 0 unspecified atom stereocenters. The van der Waals surface area contributed by atoms with Crippen molar-refractivity contribution in [3.63, 3.8) is 0 Å². The highest BCUT2D eigenvalue weighted by molar-refractivity contribution is 7.79. The second-order valence-corrected chi connectivity index (χ2v) is 11.4. The number of carbonyl (C=O) groups excluding carboxylic acids is 1. The van der Waals surface area contributed by atoms with Crippen molar-refractivity contribution >= 4 is 32.5 Å². The molecular weight excluding hydrogens is 621 g/mol. The number of carbonyl (C=O) groups is 1. The first-order chi connectivity index (χ1) is 22.7. The molecule has 6 rings (SSSR count). The Kier molecular flexibility index (Phi) is 22.6. The number of aliphatic hydroxyl groups excluding tert-OH is 2. The standard InChI is InChI=1S/C11H14O.C11H12O.C10H13NO.C9H4.CH4S.CH4.B/c2*1-8-3-2-4-9-5-6-10(12)7-11(8)9;11-10-3-1-2-7-4-5-8(12)6-9(7)10;1-3-5-7-9-8-6-4-2;1-2;;/h2-4,10,12H,5-7H2,1H3;2-4H,5-7H2,1H3;1-3,8,12H,4-6,11H2;1H,2H3;2H,1H3;1H4;/t10-;;8-;;;;/m1.1..../s1. The van der Waals surface area contributed by atoms with Gasteiger partial charge < -0.3 is 15.9 Å². The lowest BCUT2D eigenvalue weighted by Gasteiger charge is -2.21. The van der Waals surface area contributed by atoms with Gasteiger partial charge in [0.25, 0.3) is 0 Å². The van der Waals surface area contributed by atoms with E-state index in [1.54, 1.807) is 13.2 Å². The molecule has 3 aliphatic carbocycles. The fourth-order valence-corrected chi connectivity index (χ4v) is 5.75. The van der Waals surface area contributed by atoms with Crippen LogP contribution in [-0.4, -0.2) is 42.9 Å². The van der Waals surface area contributed by atoms with Crippen LogP contribution in [0.3, 0.4) is 0 Å². The summed E-state index contributed by atoms with van der Waals surface area (Å²) < 4.78 is 0. The largest absolute Gasteiger partial charge is 0.398 e. The fraction of sp³-hybridized carbons (Fsp3) is 0.372. The van der Waals surface area contributed by atoms with Gasteiger partial charge in [-0.15, -0.1) is 6.42 Å². The van der Waals surface area contributed by atoms with Crippen molar-refractivity contribution in [1.82, 2.24) is 0 Å². The van der Waals surface area contributed by atoms with Crippen LogP contribution in [0.1, 0.15) is 78.1 Å². The number of aryl methyl sites for hydroxylation is 5. The normalized spacial score (nSPS) is 15.4. The fourth-order valence-electron chi connectivity index (χ4n) is 5.75. The van der Waals surface area contributed by atoms with E-state index in [1.165, 1.54) is 38.9 Å². The van der Waals surface area contributed by atoms with Crippen LogP contribution in [0, 0.1) is 61.7 Å². The number of nitrogens with two attached hydrogens (primary N) is 1. The number of nitrogen functional groups attached to an aromatic ring is 1. The average Bonchev–Trinajstić information content (AvgIpc) is 3.08. The molecule has 0 amide bonds. The summed E-state index contributed by atoms with van der Waals surface area (Å²) in [7, 11) is 0. The first-order valence-electron chi connectivity index (χ1n) is 15.9. The lowest BCUT2D eigenvalue weighted by atomic mass is 9.87. The van der Waals surface area contributed by atoms with Gasteiger partial charge in [0, 0.05) is 33.4 Å². The Labute approximate surface area is 303 Å². The lowest BCUT2D eigenvalue weighted by Crippen LogP contribution is -2.19. The van der Waals surface area contributed by atoms with Crippen molar-refractivity contribution in [2.45, 2.75) is 98.2 Å². The minimum atomic E-state index is -0.192. The van der Waals surface area contributed by atoms with E-state index < -0.39 is 0 Å². The summed E-state index contributed by atoms with van der Waals surface area (Å²) in [6.45, 7) is 5.91. The highest BCUT2D eigenvalue weighted by atomic mass is 32.1. The lowest BCUT2D eigenvalue weighted by molar-refractivity contribution is -0.118. The van der Waals surface area contributed by atoms with Crippen molar-refractivity contribution in [2.75, 3.05) is 12.0 Å². The highest BCUT2D eigenvalue weighted by Crippen LogP contribution is 2.26. The number of hydrogen-bond donors (Lipinski definition) is 4. The molecule has 0 saturated carbocycles. The maximum absolute atomic E-state index is 11.2. The maximum Gasteiger partial charge on any atom is 0.137 e. The molecule has 4 nitrogen and oxygen atoms in total. The second kappa shape index (κ2) is 24.8. The van der Waals surface area contributed by atoms with Crippen LogP contribution in [-0.2, 0) is 43.3 Å². The van der Waals surface area contributed by atoms with Gasteiger partial charge in [0.1, 0.15) is 5.78 Å². The predicted octanol–water partition coefficient (Wildman–Crippen LogP) is 6.47. The molecule has 255 valence electrons. The quantitative estimate of drug-likeness (QED) is 0.0956. The molecule has 6 heteroatoms. The molecule has 2 atom stereocenters. The van der Waals surface area contributed by atoms with E-state index in [2.05, 4.69) is 110 Å². The van der Waals surface area contributed by atoms with Gasteiger partial charge in [-0.25, -0.2) is 0 Å². The average molecular weight is 673 g/mol. The number of terminal acetylenes is 1. The smallest absolute Gasteiger partial charge is 0.137 e. The van der Waals surface area contributed by atoms with Crippen LogP contribution in [0.25, 0.3) is 0 Å². The van der Waals surface area contributed by atoms with Gasteiger partial charge in [0.2, 0.25) is 0 Å². The summed E-state index contributed by atoms with van der Waals surface area (Å²) in [6, 6.07) is 18.7. The van der Waals surface area contributed by atoms with Crippen molar-refractivity contribution in [1.29, 1.82) is 0 Å². The molecule has 49 heavy (non-hydrogen) atoms. The van der Waals surface area contributed by atoms with Gasteiger partial charge in [-0.3, -0.25) is 4.79 Å². The molecule has 3 aromatic carbocycles. The van der Waals surface area contributed by atoms with Gasteiger partial charge in [-0.05, 0) is 152 Å². The van der Waals surface area contributed by atoms with E-state index in [-0.39, 0.29) is 28.0 Å². The van der Waals surface area contributed by atoms with Crippen LogP contribution in [0.15, 0.2) is 54.6 Å². The van der Waals surface area contributed by atoms with Crippen molar-refractivity contribution < 1.29 is 15.0 Å². The Morgan fingerprint density at radius 2 is 1.18 bits per heavy atom. The van der Waals surface area contributed by atoms with E-state index in [4.69, 9.17) is 12.2 Å². The van der Waals surface area contributed by atoms with Gasteiger partial charge >= 0.3 is 0 Å². The van der Waals surface area contributed by atoms with Gasteiger partial charge in [-0.2, -0.15) is 12.6 Å². The summed E-state index contributed by atoms with van der Waals surface area (Å²) >= 11 is 3.53. The Bertz CT molecular complexity index is 1660. The summed E-state index contributed by atoms with van der Waals surface area (Å²) in [6.07, 6.45) is 13.9. The third kappa shape index (κ3) is 15.2. The molecule has 0 bridgehead atoms. The molecule has 4 N–H and O–H groups in total. The molecule has 3 radical (unpaired) electrons. The van der Waals surface area contributed by atoms with Gasteiger partial charge in [-0.1, -0.05) is 61.9 Å². The number of Topliss-reactive ketones (excluding diaryl/α,β-unsaturated/α-hetero) is 1. The van der Waals surface area contributed by atoms with Gasteiger partial charge in [0.15, 0.2) is 0 Å². The number of anilines is 1. The molecule has 0 fully saturated rings. The topological polar surface area (TPSA) is 83.5 Å². The minimum absolute atomic E-state index is 0. The molecule has 0 aromatic heterocycles. The first-order valence-corrected chi connectivity index (χ1v) is 16.8. The molecule has 3 aromatic rings. The third-order valence-electron chi connectivity index (χ3n) is 8.19. The Balaban J connectivity index is 0.000000612. The van der Waals surface area contributed by atoms with Crippen LogP contribution in [0.4, 0.5) is 5.69 Å². The number of fused-ring (bicyclic) bond motifs is 3. The summed E-state index contributed by atoms with van der Waals surface area (Å²) in [5.74, 6) is 17.4. The zero-order chi connectivity index (χ0) is 34.6. The zero-order valence-corrected chi connectivity index (χ0v) is 29.6. The Hall–Kier alpha value is -4.30. The monoisotopic (exact) mass is 672 g/mol.